The minimum atomic E-state index is -0.807. The fourth-order valence-electron chi connectivity index (χ4n) is 2.06. The average molecular weight is 335 g/mol. The Morgan fingerprint density at radius 2 is 1.96 bits per heavy atom. The summed E-state index contributed by atoms with van der Waals surface area (Å²) < 4.78 is 5.23. The maximum absolute atomic E-state index is 11.9. The van der Waals surface area contributed by atoms with Crippen LogP contribution in [-0.4, -0.2) is 24.8 Å². The predicted octanol–water partition coefficient (Wildman–Crippen LogP) is 3.51. The van der Waals surface area contributed by atoms with Crippen molar-refractivity contribution in [3.05, 3.63) is 58.6 Å². The summed E-state index contributed by atoms with van der Waals surface area (Å²) in [5, 5.41) is 16.0. The molecule has 2 amide bonds. The lowest BCUT2D eigenvalue weighted by molar-refractivity contribution is 0.175. The first-order valence-electron chi connectivity index (χ1n) is 7.12. The molecule has 1 unspecified atom stereocenters. The van der Waals surface area contributed by atoms with E-state index in [9.17, 15) is 9.90 Å². The second-order valence-corrected chi connectivity index (χ2v) is 5.54. The molecule has 0 saturated heterocycles. The van der Waals surface area contributed by atoms with Gasteiger partial charge in [-0.15, -0.1) is 0 Å². The Balaban J connectivity index is 1.91. The summed E-state index contributed by atoms with van der Waals surface area (Å²) in [5.74, 6) is 0.582. The van der Waals surface area contributed by atoms with Crippen LogP contribution in [0.4, 0.5) is 10.5 Å². The van der Waals surface area contributed by atoms with Crippen molar-refractivity contribution in [3.8, 4) is 5.75 Å². The Hall–Kier alpha value is -2.24. The lowest BCUT2D eigenvalue weighted by Gasteiger charge is -2.14. The van der Waals surface area contributed by atoms with Crippen molar-refractivity contribution in [2.24, 2.45) is 0 Å². The van der Waals surface area contributed by atoms with Crippen molar-refractivity contribution < 1.29 is 14.6 Å². The van der Waals surface area contributed by atoms with Crippen molar-refractivity contribution in [2.45, 2.75) is 13.0 Å². The lowest BCUT2D eigenvalue weighted by atomic mass is 10.1. The highest BCUT2D eigenvalue weighted by atomic mass is 35.5. The molecule has 0 aliphatic carbocycles. The molecule has 0 aromatic heterocycles. The topological polar surface area (TPSA) is 70.6 Å². The zero-order valence-corrected chi connectivity index (χ0v) is 13.7. The van der Waals surface area contributed by atoms with Crippen molar-refractivity contribution in [1.82, 2.24) is 5.32 Å². The zero-order valence-electron chi connectivity index (χ0n) is 13.0. The first-order valence-corrected chi connectivity index (χ1v) is 7.50. The quantitative estimate of drug-likeness (QED) is 0.783. The summed E-state index contributed by atoms with van der Waals surface area (Å²) in [6.45, 7) is 2.02. The highest BCUT2D eigenvalue weighted by Gasteiger charge is 2.11. The summed E-state index contributed by atoms with van der Waals surface area (Å²) >= 11 is 5.80. The number of carbonyl (C=O) groups is 1. The molecule has 3 N–H and O–H groups in total. The van der Waals surface area contributed by atoms with Crippen LogP contribution in [0.25, 0.3) is 0 Å². The van der Waals surface area contributed by atoms with E-state index in [1.54, 1.807) is 37.4 Å². The summed E-state index contributed by atoms with van der Waals surface area (Å²) in [6, 6.07) is 11.9. The molecule has 122 valence electrons. The smallest absolute Gasteiger partial charge is 0.319 e. The molecular formula is C17H19ClN2O3. The fraction of sp³-hybridized carbons (Fsp3) is 0.235. The van der Waals surface area contributed by atoms with Gasteiger partial charge >= 0.3 is 6.03 Å². The number of anilines is 1. The van der Waals surface area contributed by atoms with Gasteiger partial charge in [0.25, 0.3) is 0 Å². The van der Waals surface area contributed by atoms with Gasteiger partial charge in [-0.05, 0) is 42.3 Å². The third-order valence-electron chi connectivity index (χ3n) is 3.32. The van der Waals surface area contributed by atoms with Gasteiger partial charge < -0.3 is 20.5 Å². The SMILES string of the molecule is COc1cc(C)ccc1NC(=O)NCC(O)c1ccc(Cl)cc1. The molecule has 23 heavy (non-hydrogen) atoms. The number of urea groups is 1. The van der Waals surface area contributed by atoms with Gasteiger partial charge in [0, 0.05) is 11.6 Å². The van der Waals surface area contributed by atoms with Gasteiger partial charge in [-0.25, -0.2) is 4.79 Å². The molecular weight excluding hydrogens is 316 g/mol. The van der Waals surface area contributed by atoms with Crippen LogP contribution in [-0.2, 0) is 0 Å². The largest absolute Gasteiger partial charge is 0.495 e. The molecule has 0 heterocycles. The molecule has 6 heteroatoms. The number of aliphatic hydroxyl groups is 1. The van der Waals surface area contributed by atoms with E-state index in [1.807, 2.05) is 19.1 Å². The molecule has 0 radical (unpaired) electrons. The average Bonchev–Trinajstić information content (AvgIpc) is 2.55. The van der Waals surface area contributed by atoms with E-state index >= 15 is 0 Å². The number of hydrogen-bond acceptors (Lipinski definition) is 3. The number of methoxy groups -OCH3 is 1. The molecule has 2 aromatic rings. The molecule has 0 saturated carbocycles. The molecule has 0 bridgehead atoms. The van der Waals surface area contributed by atoms with E-state index in [0.29, 0.717) is 22.0 Å². The summed E-state index contributed by atoms with van der Waals surface area (Å²) in [7, 11) is 1.54. The molecule has 5 nitrogen and oxygen atoms in total. The number of halogens is 1. The summed E-state index contributed by atoms with van der Waals surface area (Å²) in [6.07, 6.45) is -0.807. The standard InChI is InChI=1S/C17H19ClN2O3/c1-11-3-8-14(16(9-11)23-2)20-17(22)19-10-15(21)12-4-6-13(18)7-5-12/h3-9,15,21H,10H2,1-2H3,(H2,19,20,22). The number of amides is 2. The molecule has 1 atom stereocenters. The number of rotatable bonds is 5. The van der Waals surface area contributed by atoms with E-state index in [2.05, 4.69) is 10.6 Å². The highest BCUT2D eigenvalue weighted by molar-refractivity contribution is 6.30. The van der Waals surface area contributed by atoms with E-state index in [4.69, 9.17) is 16.3 Å². The highest BCUT2D eigenvalue weighted by Crippen LogP contribution is 2.25. The summed E-state index contributed by atoms with van der Waals surface area (Å²) in [4.78, 5) is 11.9. The normalized spacial score (nSPS) is 11.7. The Labute approximate surface area is 140 Å². The molecule has 0 fully saturated rings. The van der Waals surface area contributed by atoms with Crippen LogP contribution in [0.2, 0.25) is 5.02 Å². The molecule has 0 aliphatic rings. The van der Waals surface area contributed by atoms with Gasteiger partial charge in [0.1, 0.15) is 5.75 Å². The third kappa shape index (κ3) is 4.87. The first kappa shape index (κ1) is 17.1. The monoisotopic (exact) mass is 334 g/mol. The van der Waals surface area contributed by atoms with Crippen LogP contribution in [0.15, 0.2) is 42.5 Å². The zero-order chi connectivity index (χ0) is 16.8. The second kappa shape index (κ2) is 7.85. The van der Waals surface area contributed by atoms with Gasteiger partial charge in [0.2, 0.25) is 0 Å². The van der Waals surface area contributed by atoms with Crippen molar-refractivity contribution in [1.29, 1.82) is 0 Å². The minimum Gasteiger partial charge on any atom is -0.495 e. The number of nitrogens with one attached hydrogen (secondary N) is 2. The van der Waals surface area contributed by atoms with Gasteiger partial charge in [-0.1, -0.05) is 29.8 Å². The van der Waals surface area contributed by atoms with E-state index in [-0.39, 0.29) is 6.54 Å². The number of aryl methyl sites for hydroxylation is 1. The number of hydrogen-bond donors (Lipinski definition) is 3. The van der Waals surface area contributed by atoms with Gasteiger partial charge in [-0.2, -0.15) is 0 Å². The van der Waals surface area contributed by atoms with Crippen molar-refractivity contribution in [3.63, 3.8) is 0 Å². The molecule has 0 aliphatic heterocycles. The van der Waals surface area contributed by atoms with Crippen LogP contribution in [0.5, 0.6) is 5.75 Å². The number of ether oxygens (including phenoxy) is 1. The Kier molecular flexibility index (Phi) is 5.84. The fourth-order valence-corrected chi connectivity index (χ4v) is 2.19. The maximum Gasteiger partial charge on any atom is 0.319 e. The van der Waals surface area contributed by atoms with E-state index in [1.165, 1.54) is 0 Å². The number of carbonyl (C=O) groups excluding carboxylic acids is 1. The number of benzene rings is 2. The van der Waals surface area contributed by atoms with Crippen molar-refractivity contribution >= 4 is 23.3 Å². The van der Waals surface area contributed by atoms with Gasteiger partial charge in [0.05, 0.1) is 18.9 Å². The van der Waals surface area contributed by atoms with Crippen LogP contribution in [0.1, 0.15) is 17.2 Å². The predicted molar refractivity (Wildman–Crippen MR) is 91.2 cm³/mol. The Morgan fingerprint density at radius 3 is 2.61 bits per heavy atom. The minimum absolute atomic E-state index is 0.0850. The van der Waals surface area contributed by atoms with Crippen molar-refractivity contribution in [2.75, 3.05) is 19.0 Å². The molecule has 2 aromatic carbocycles. The van der Waals surface area contributed by atoms with Crippen LogP contribution >= 0.6 is 11.6 Å². The maximum atomic E-state index is 11.9. The van der Waals surface area contributed by atoms with Crippen LogP contribution < -0.4 is 15.4 Å². The Bertz CT molecular complexity index is 674. The van der Waals surface area contributed by atoms with Crippen LogP contribution in [0.3, 0.4) is 0 Å². The third-order valence-corrected chi connectivity index (χ3v) is 3.57. The lowest BCUT2D eigenvalue weighted by Crippen LogP contribution is -2.32. The van der Waals surface area contributed by atoms with E-state index in [0.717, 1.165) is 5.56 Å². The number of aliphatic hydroxyl groups excluding tert-OH is 1. The van der Waals surface area contributed by atoms with Gasteiger partial charge in [-0.3, -0.25) is 0 Å². The molecule has 0 spiro atoms. The van der Waals surface area contributed by atoms with E-state index < -0.39 is 12.1 Å². The Morgan fingerprint density at radius 1 is 1.26 bits per heavy atom. The van der Waals surface area contributed by atoms with Crippen LogP contribution in [0, 0.1) is 6.92 Å². The molecule has 2 rings (SSSR count). The summed E-state index contributed by atoms with van der Waals surface area (Å²) in [5.41, 5.74) is 2.28. The first-order chi connectivity index (χ1) is 11.0. The van der Waals surface area contributed by atoms with Gasteiger partial charge in [0.15, 0.2) is 0 Å². The second-order valence-electron chi connectivity index (χ2n) is 5.11.